The van der Waals surface area contributed by atoms with Crippen LogP contribution in [-0.4, -0.2) is 37.5 Å². The SMILES string of the molecule is CN(C)CC1(c2ccc(NC(=O)C(NC(=O)Nc3ccc(Cl)cc3)c3ccccc3)cc2)CCC1. The quantitative estimate of drug-likeness (QED) is 0.372. The third kappa shape index (κ3) is 6.21. The lowest BCUT2D eigenvalue weighted by molar-refractivity contribution is -0.118. The lowest BCUT2D eigenvalue weighted by Crippen LogP contribution is -2.43. The summed E-state index contributed by atoms with van der Waals surface area (Å²) in [6, 6.07) is 22.7. The standard InChI is InChI=1S/C28H31ClN4O2/c1-33(2)19-28(17-6-18-28)21-9-13-23(14-10-21)30-26(34)25(20-7-4-3-5-8-20)32-27(35)31-24-15-11-22(29)12-16-24/h3-5,7-16,25H,6,17-19H2,1-2H3,(H,30,34)(H2,31,32,35). The van der Waals surface area contributed by atoms with Crippen molar-refractivity contribution in [2.75, 3.05) is 31.3 Å². The van der Waals surface area contributed by atoms with Crippen molar-refractivity contribution >= 4 is 34.9 Å². The molecule has 0 aliphatic heterocycles. The van der Waals surface area contributed by atoms with Gasteiger partial charge in [-0.05, 0) is 74.5 Å². The normalized spacial score (nSPS) is 15.1. The van der Waals surface area contributed by atoms with E-state index in [0.29, 0.717) is 22.0 Å². The molecule has 1 aliphatic carbocycles. The van der Waals surface area contributed by atoms with Gasteiger partial charge in [0.2, 0.25) is 0 Å². The van der Waals surface area contributed by atoms with Crippen molar-refractivity contribution in [3.8, 4) is 0 Å². The minimum absolute atomic E-state index is 0.194. The molecule has 1 aliphatic rings. The zero-order valence-corrected chi connectivity index (χ0v) is 20.8. The summed E-state index contributed by atoms with van der Waals surface area (Å²) >= 11 is 5.92. The van der Waals surface area contributed by atoms with Crippen molar-refractivity contribution in [3.05, 3.63) is 95.0 Å². The Hall–Kier alpha value is -3.35. The molecule has 0 saturated heterocycles. The van der Waals surface area contributed by atoms with E-state index in [1.807, 2.05) is 42.5 Å². The average Bonchev–Trinajstić information content (AvgIpc) is 2.82. The van der Waals surface area contributed by atoms with Gasteiger partial charge in [-0.3, -0.25) is 4.79 Å². The molecule has 3 aromatic carbocycles. The maximum Gasteiger partial charge on any atom is 0.320 e. The smallest absolute Gasteiger partial charge is 0.320 e. The molecule has 0 heterocycles. The van der Waals surface area contributed by atoms with E-state index >= 15 is 0 Å². The number of rotatable bonds is 8. The number of nitrogens with one attached hydrogen (secondary N) is 3. The first kappa shape index (κ1) is 24.8. The number of hydrogen-bond donors (Lipinski definition) is 3. The Morgan fingerprint density at radius 3 is 2.06 bits per heavy atom. The highest BCUT2D eigenvalue weighted by atomic mass is 35.5. The summed E-state index contributed by atoms with van der Waals surface area (Å²) in [5.74, 6) is -0.318. The first-order chi connectivity index (χ1) is 16.8. The molecule has 7 heteroatoms. The molecule has 4 rings (SSSR count). The van der Waals surface area contributed by atoms with Crippen molar-refractivity contribution in [2.45, 2.75) is 30.7 Å². The van der Waals surface area contributed by atoms with E-state index in [4.69, 9.17) is 11.6 Å². The Kier molecular flexibility index (Phi) is 7.73. The van der Waals surface area contributed by atoms with Crippen LogP contribution in [0.1, 0.15) is 36.4 Å². The number of amides is 3. The lowest BCUT2D eigenvalue weighted by Gasteiger charge is -2.44. The van der Waals surface area contributed by atoms with E-state index in [9.17, 15) is 9.59 Å². The number of nitrogens with zero attached hydrogens (tertiary/aromatic N) is 1. The fourth-order valence-corrected chi connectivity index (χ4v) is 4.77. The van der Waals surface area contributed by atoms with E-state index in [1.165, 1.54) is 24.8 Å². The minimum Gasteiger partial charge on any atom is -0.324 e. The molecular formula is C28H31ClN4O2. The summed E-state index contributed by atoms with van der Waals surface area (Å²) in [5.41, 5.74) is 3.46. The molecule has 1 fully saturated rings. The first-order valence-corrected chi connectivity index (χ1v) is 12.2. The fraction of sp³-hybridized carbons (Fsp3) is 0.286. The van der Waals surface area contributed by atoms with Crippen LogP contribution in [0.3, 0.4) is 0 Å². The van der Waals surface area contributed by atoms with E-state index in [0.717, 1.165) is 6.54 Å². The number of hydrogen-bond acceptors (Lipinski definition) is 3. The number of urea groups is 1. The molecule has 0 spiro atoms. The highest BCUT2D eigenvalue weighted by molar-refractivity contribution is 6.30. The van der Waals surface area contributed by atoms with E-state index in [-0.39, 0.29) is 11.3 Å². The van der Waals surface area contributed by atoms with Crippen molar-refractivity contribution in [1.29, 1.82) is 0 Å². The highest BCUT2D eigenvalue weighted by Crippen LogP contribution is 2.44. The molecule has 1 atom stereocenters. The van der Waals surface area contributed by atoms with Gasteiger partial charge in [-0.1, -0.05) is 60.5 Å². The molecule has 0 radical (unpaired) electrons. The third-order valence-corrected chi connectivity index (χ3v) is 6.72. The summed E-state index contributed by atoms with van der Waals surface area (Å²) in [4.78, 5) is 28.2. The summed E-state index contributed by atoms with van der Waals surface area (Å²) in [6.07, 6.45) is 3.61. The van der Waals surface area contributed by atoms with Gasteiger partial charge >= 0.3 is 6.03 Å². The second-order valence-electron chi connectivity index (χ2n) is 9.39. The Morgan fingerprint density at radius 2 is 1.49 bits per heavy atom. The molecular weight excluding hydrogens is 460 g/mol. The maximum atomic E-state index is 13.3. The average molecular weight is 491 g/mol. The molecule has 0 aromatic heterocycles. The van der Waals surface area contributed by atoms with Gasteiger partial charge in [0.05, 0.1) is 0 Å². The highest BCUT2D eigenvalue weighted by Gasteiger charge is 2.38. The first-order valence-electron chi connectivity index (χ1n) is 11.8. The minimum atomic E-state index is -0.866. The van der Waals surface area contributed by atoms with Crippen molar-refractivity contribution in [2.24, 2.45) is 0 Å². The van der Waals surface area contributed by atoms with E-state index in [2.05, 4.69) is 47.1 Å². The van der Waals surface area contributed by atoms with Crippen LogP contribution in [-0.2, 0) is 10.2 Å². The molecule has 3 amide bonds. The summed E-state index contributed by atoms with van der Waals surface area (Å²) < 4.78 is 0. The zero-order valence-electron chi connectivity index (χ0n) is 20.1. The zero-order chi connectivity index (χ0) is 24.8. The van der Waals surface area contributed by atoms with Crippen molar-refractivity contribution < 1.29 is 9.59 Å². The number of carbonyl (C=O) groups excluding carboxylic acids is 2. The van der Waals surface area contributed by atoms with Crippen LogP contribution in [0.25, 0.3) is 0 Å². The van der Waals surface area contributed by atoms with Crippen LogP contribution in [0.15, 0.2) is 78.9 Å². The van der Waals surface area contributed by atoms with Crippen LogP contribution < -0.4 is 16.0 Å². The number of halogens is 1. The number of carbonyl (C=O) groups is 2. The summed E-state index contributed by atoms with van der Waals surface area (Å²) in [7, 11) is 4.21. The predicted molar refractivity (Wildman–Crippen MR) is 142 cm³/mol. The van der Waals surface area contributed by atoms with Gasteiger partial charge in [0.1, 0.15) is 6.04 Å². The predicted octanol–water partition coefficient (Wildman–Crippen LogP) is 5.82. The molecule has 182 valence electrons. The molecule has 1 saturated carbocycles. The monoisotopic (exact) mass is 490 g/mol. The van der Waals surface area contributed by atoms with E-state index in [1.54, 1.807) is 24.3 Å². The largest absolute Gasteiger partial charge is 0.324 e. The second-order valence-corrected chi connectivity index (χ2v) is 9.82. The van der Waals surface area contributed by atoms with Gasteiger partial charge in [-0.25, -0.2) is 4.79 Å². The lowest BCUT2D eigenvalue weighted by atomic mass is 9.64. The third-order valence-electron chi connectivity index (χ3n) is 6.47. The van der Waals surface area contributed by atoms with Crippen molar-refractivity contribution in [3.63, 3.8) is 0 Å². The van der Waals surface area contributed by atoms with E-state index < -0.39 is 12.1 Å². The van der Waals surface area contributed by atoms with Crippen LogP contribution in [0.5, 0.6) is 0 Å². The summed E-state index contributed by atoms with van der Waals surface area (Å²) in [5, 5.41) is 9.08. The molecule has 3 aromatic rings. The fourth-order valence-electron chi connectivity index (χ4n) is 4.65. The Bertz CT molecular complexity index is 1140. The van der Waals surface area contributed by atoms with Gasteiger partial charge in [0.15, 0.2) is 0 Å². The molecule has 6 nitrogen and oxygen atoms in total. The van der Waals surface area contributed by atoms with Gasteiger partial charge in [0.25, 0.3) is 5.91 Å². The number of anilines is 2. The molecule has 1 unspecified atom stereocenters. The summed E-state index contributed by atoms with van der Waals surface area (Å²) in [6.45, 7) is 1.02. The van der Waals surface area contributed by atoms with Gasteiger partial charge in [0, 0.05) is 28.4 Å². The number of likely N-dealkylation sites (N-methyl/N-ethyl adjacent to an activating group) is 1. The van der Waals surface area contributed by atoms with Gasteiger partial charge < -0.3 is 20.9 Å². The van der Waals surface area contributed by atoms with Gasteiger partial charge in [-0.15, -0.1) is 0 Å². The second kappa shape index (κ2) is 10.9. The molecule has 35 heavy (non-hydrogen) atoms. The number of benzene rings is 3. The van der Waals surface area contributed by atoms with Crippen LogP contribution in [0, 0.1) is 0 Å². The molecule has 3 N–H and O–H groups in total. The molecule has 0 bridgehead atoms. The maximum absolute atomic E-state index is 13.3. The Labute approximate surface area is 211 Å². The Morgan fingerprint density at radius 1 is 0.886 bits per heavy atom. The van der Waals surface area contributed by atoms with Crippen molar-refractivity contribution in [1.82, 2.24) is 10.2 Å². The Balaban J connectivity index is 1.46. The van der Waals surface area contributed by atoms with Crippen LogP contribution in [0.4, 0.5) is 16.2 Å². The van der Waals surface area contributed by atoms with Crippen LogP contribution in [0.2, 0.25) is 5.02 Å². The topological polar surface area (TPSA) is 73.5 Å². The van der Waals surface area contributed by atoms with Crippen LogP contribution >= 0.6 is 11.6 Å². The van der Waals surface area contributed by atoms with Gasteiger partial charge in [-0.2, -0.15) is 0 Å².